The van der Waals surface area contributed by atoms with Crippen LogP contribution in [-0.4, -0.2) is 29.7 Å². The van der Waals surface area contributed by atoms with Crippen molar-refractivity contribution in [2.24, 2.45) is 0 Å². The van der Waals surface area contributed by atoms with Crippen molar-refractivity contribution < 1.29 is 9.52 Å². The first-order valence-electron chi connectivity index (χ1n) is 6.04. The molecule has 0 aliphatic rings. The lowest BCUT2D eigenvalue weighted by Crippen LogP contribution is -2.31. The van der Waals surface area contributed by atoms with Crippen LogP contribution >= 0.6 is 15.9 Å². The summed E-state index contributed by atoms with van der Waals surface area (Å²) >= 11 is 3.36. The number of halogens is 1. The molecule has 1 heterocycles. The Balaban J connectivity index is 2.45. The van der Waals surface area contributed by atoms with Gasteiger partial charge >= 0.3 is 5.63 Å². The Kier molecular flexibility index (Phi) is 4.39. The van der Waals surface area contributed by atoms with E-state index in [1.165, 1.54) is 6.07 Å². The van der Waals surface area contributed by atoms with E-state index in [9.17, 15) is 4.79 Å². The molecule has 0 bridgehead atoms. The minimum atomic E-state index is -0.356. The van der Waals surface area contributed by atoms with Crippen LogP contribution < -0.4 is 5.63 Å². The zero-order valence-corrected chi connectivity index (χ0v) is 12.5. The summed E-state index contributed by atoms with van der Waals surface area (Å²) in [6.45, 7) is 2.61. The van der Waals surface area contributed by atoms with Gasteiger partial charge in [0.25, 0.3) is 0 Å². The topological polar surface area (TPSA) is 53.7 Å². The number of aliphatic hydroxyl groups excluding tert-OH is 1. The smallest absolute Gasteiger partial charge is 0.336 e. The fourth-order valence-electron chi connectivity index (χ4n) is 1.90. The van der Waals surface area contributed by atoms with Crippen molar-refractivity contribution in [3.8, 4) is 0 Å². The molecule has 0 amide bonds. The highest BCUT2D eigenvalue weighted by atomic mass is 79.9. The van der Waals surface area contributed by atoms with Gasteiger partial charge in [0.1, 0.15) is 5.58 Å². The third kappa shape index (κ3) is 3.23. The van der Waals surface area contributed by atoms with E-state index in [-0.39, 0.29) is 18.3 Å². The van der Waals surface area contributed by atoms with Crippen LogP contribution in [0.5, 0.6) is 0 Å². The number of nitrogens with zero attached hydrogens (tertiary/aromatic N) is 1. The Morgan fingerprint density at radius 3 is 2.84 bits per heavy atom. The second-order valence-corrected chi connectivity index (χ2v) is 5.59. The SMILES string of the molecule is CC(CO)N(C)Cc1cc(=O)oc2cc(Br)ccc12. The second-order valence-electron chi connectivity index (χ2n) is 4.68. The van der Waals surface area contributed by atoms with Gasteiger partial charge in [0, 0.05) is 28.5 Å². The molecule has 5 heteroatoms. The molecule has 0 spiro atoms. The molecule has 102 valence electrons. The van der Waals surface area contributed by atoms with Gasteiger partial charge in [-0.3, -0.25) is 4.90 Å². The van der Waals surface area contributed by atoms with Crippen molar-refractivity contribution in [3.63, 3.8) is 0 Å². The van der Waals surface area contributed by atoms with Crippen LogP contribution in [0.15, 0.2) is 37.9 Å². The molecule has 0 radical (unpaired) electrons. The molecule has 0 aliphatic carbocycles. The van der Waals surface area contributed by atoms with Gasteiger partial charge in [-0.05, 0) is 37.7 Å². The Labute approximate surface area is 119 Å². The van der Waals surface area contributed by atoms with E-state index in [4.69, 9.17) is 9.52 Å². The standard InChI is InChI=1S/C14H16BrNO3/c1-9(8-17)16(2)7-10-5-14(18)19-13-6-11(15)3-4-12(10)13/h3-6,9,17H,7-8H2,1-2H3. The normalized spacial score (nSPS) is 13.1. The molecule has 0 aliphatic heterocycles. The van der Waals surface area contributed by atoms with Gasteiger partial charge in [-0.25, -0.2) is 4.79 Å². The van der Waals surface area contributed by atoms with Crippen LogP contribution in [0.4, 0.5) is 0 Å². The van der Waals surface area contributed by atoms with Crippen molar-refractivity contribution in [1.29, 1.82) is 0 Å². The largest absolute Gasteiger partial charge is 0.423 e. The molecular weight excluding hydrogens is 310 g/mol. The molecular formula is C14H16BrNO3. The van der Waals surface area contributed by atoms with Crippen LogP contribution in [0, 0.1) is 0 Å². The average Bonchev–Trinajstić information content (AvgIpc) is 2.36. The number of rotatable bonds is 4. The van der Waals surface area contributed by atoms with E-state index < -0.39 is 0 Å². The van der Waals surface area contributed by atoms with Gasteiger partial charge in [-0.15, -0.1) is 0 Å². The number of hydrogen-bond acceptors (Lipinski definition) is 4. The van der Waals surface area contributed by atoms with E-state index >= 15 is 0 Å². The van der Waals surface area contributed by atoms with Crippen LogP contribution in [0.2, 0.25) is 0 Å². The number of hydrogen-bond donors (Lipinski definition) is 1. The van der Waals surface area contributed by atoms with E-state index in [1.54, 1.807) is 6.07 Å². The summed E-state index contributed by atoms with van der Waals surface area (Å²) in [5.74, 6) is 0. The maximum atomic E-state index is 11.6. The third-order valence-electron chi connectivity index (χ3n) is 3.23. The van der Waals surface area contributed by atoms with Crippen molar-refractivity contribution >= 4 is 26.9 Å². The average molecular weight is 326 g/mol. The lowest BCUT2D eigenvalue weighted by Gasteiger charge is -2.23. The van der Waals surface area contributed by atoms with Gasteiger partial charge in [0.2, 0.25) is 0 Å². The fourth-order valence-corrected chi connectivity index (χ4v) is 2.24. The summed E-state index contributed by atoms with van der Waals surface area (Å²) < 4.78 is 6.07. The summed E-state index contributed by atoms with van der Waals surface area (Å²) in [6.07, 6.45) is 0. The molecule has 2 aromatic rings. The summed E-state index contributed by atoms with van der Waals surface area (Å²) in [4.78, 5) is 13.6. The maximum absolute atomic E-state index is 11.6. The number of benzene rings is 1. The lowest BCUT2D eigenvalue weighted by atomic mass is 10.1. The van der Waals surface area contributed by atoms with Crippen LogP contribution in [0.1, 0.15) is 12.5 Å². The molecule has 2 rings (SSSR count). The molecule has 0 fully saturated rings. The molecule has 1 aromatic carbocycles. The highest BCUT2D eigenvalue weighted by Gasteiger charge is 2.12. The minimum absolute atomic E-state index is 0.0396. The molecule has 1 aromatic heterocycles. The van der Waals surface area contributed by atoms with Crippen molar-refractivity contribution in [2.75, 3.05) is 13.7 Å². The third-order valence-corrected chi connectivity index (χ3v) is 3.72. The molecule has 1 unspecified atom stereocenters. The summed E-state index contributed by atoms with van der Waals surface area (Å²) in [7, 11) is 1.92. The Hall–Kier alpha value is -1.17. The monoisotopic (exact) mass is 325 g/mol. The first-order chi connectivity index (χ1) is 9.01. The predicted molar refractivity (Wildman–Crippen MR) is 78.2 cm³/mol. The van der Waals surface area contributed by atoms with Crippen LogP contribution in [-0.2, 0) is 6.54 Å². The highest BCUT2D eigenvalue weighted by molar-refractivity contribution is 9.10. The lowest BCUT2D eigenvalue weighted by molar-refractivity contribution is 0.154. The molecule has 1 N–H and O–H groups in total. The van der Waals surface area contributed by atoms with Crippen LogP contribution in [0.3, 0.4) is 0 Å². The van der Waals surface area contributed by atoms with Gasteiger partial charge in [0.05, 0.1) is 6.61 Å². The van der Waals surface area contributed by atoms with Crippen LogP contribution in [0.25, 0.3) is 11.0 Å². The van der Waals surface area contributed by atoms with E-state index in [0.29, 0.717) is 12.1 Å². The molecule has 0 saturated heterocycles. The fraction of sp³-hybridized carbons (Fsp3) is 0.357. The number of likely N-dealkylation sites (N-methyl/N-ethyl adjacent to an activating group) is 1. The van der Waals surface area contributed by atoms with Gasteiger partial charge in [0.15, 0.2) is 0 Å². The molecule has 1 atom stereocenters. The Bertz CT molecular complexity index is 638. The Morgan fingerprint density at radius 2 is 2.16 bits per heavy atom. The zero-order valence-electron chi connectivity index (χ0n) is 10.9. The first-order valence-corrected chi connectivity index (χ1v) is 6.84. The van der Waals surface area contributed by atoms with Gasteiger partial charge in [-0.1, -0.05) is 15.9 Å². The highest BCUT2D eigenvalue weighted by Crippen LogP contribution is 2.22. The molecule has 4 nitrogen and oxygen atoms in total. The Morgan fingerprint density at radius 1 is 1.42 bits per heavy atom. The van der Waals surface area contributed by atoms with Crippen molar-refractivity contribution in [1.82, 2.24) is 4.90 Å². The summed E-state index contributed by atoms with van der Waals surface area (Å²) in [5.41, 5.74) is 1.12. The summed E-state index contributed by atoms with van der Waals surface area (Å²) in [6, 6.07) is 7.18. The van der Waals surface area contributed by atoms with Gasteiger partial charge < -0.3 is 9.52 Å². The molecule has 0 saturated carbocycles. The first kappa shape index (κ1) is 14.2. The molecule has 19 heavy (non-hydrogen) atoms. The number of aliphatic hydroxyl groups is 1. The van der Waals surface area contributed by atoms with E-state index in [0.717, 1.165) is 15.4 Å². The number of fused-ring (bicyclic) bond motifs is 1. The summed E-state index contributed by atoms with van der Waals surface area (Å²) in [5, 5.41) is 10.1. The predicted octanol–water partition coefficient (Wildman–Crippen LogP) is 2.37. The van der Waals surface area contributed by atoms with Crippen molar-refractivity contribution in [2.45, 2.75) is 19.5 Å². The van der Waals surface area contributed by atoms with Crippen molar-refractivity contribution in [3.05, 3.63) is 44.7 Å². The van der Waals surface area contributed by atoms with E-state index in [1.807, 2.05) is 31.0 Å². The second kappa shape index (κ2) is 5.86. The van der Waals surface area contributed by atoms with Gasteiger partial charge in [-0.2, -0.15) is 0 Å². The van der Waals surface area contributed by atoms with E-state index in [2.05, 4.69) is 15.9 Å². The zero-order chi connectivity index (χ0) is 14.0. The minimum Gasteiger partial charge on any atom is -0.423 e. The maximum Gasteiger partial charge on any atom is 0.336 e. The quantitative estimate of drug-likeness (QED) is 0.877.